The summed E-state index contributed by atoms with van der Waals surface area (Å²) in [5.41, 5.74) is -1.50. The average molecular weight is 549 g/mol. The lowest BCUT2D eigenvalue weighted by molar-refractivity contribution is -0.134. The summed E-state index contributed by atoms with van der Waals surface area (Å²) < 4.78 is 37.0. The third kappa shape index (κ3) is 21.8. The number of rotatable bonds is 18. The van der Waals surface area contributed by atoms with Crippen LogP contribution in [0.3, 0.4) is 0 Å². The van der Waals surface area contributed by atoms with Gasteiger partial charge < -0.3 is 38.1 Å². The fourth-order valence-electron chi connectivity index (χ4n) is 2.52. The average Bonchev–Trinajstić information content (AvgIpc) is 2.78. The van der Waals surface area contributed by atoms with Gasteiger partial charge in [-0.25, -0.2) is 19.3 Å². The number of hydrogen-bond acceptors (Lipinski definition) is 11. The first-order valence-corrected chi connectivity index (χ1v) is 12.7. The molecular weight excluding hydrogens is 500 g/mol. The molecule has 0 heterocycles. The molecule has 0 unspecified atom stereocenters. The minimum atomic E-state index is -0.785. The maximum absolute atomic E-state index is 12.4. The van der Waals surface area contributed by atoms with Gasteiger partial charge in [0.25, 0.3) is 0 Å². The Kier molecular flexibility index (Phi) is 18.6. The summed E-state index contributed by atoms with van der Waals surface area (Å²) in [6, 6.07) is 0. The van der Waals surface area contributed by atoms with Crippen molar-refractivity contribution in [2.75, 3.05) is 86.6 Å². The SMILES string of the molecule is COC(=O)/C=C/CN(C)CCOCCOCCOCCOCCN(C(=O)OC(C)(C)C)C(=O)OC(C)(C)C. The first-order chi connectivity index (χ1) is 17.7. The third-order valence-electron chi connectivity index (χ3n) is 4.29. The maximum Gasteiger partial charge on any atom is 0.419 e. The number of methoxy groups -OCH3 is 1. The molecule has 0 saturated heterocycles. The number of esters is 1. The minimum absolute atomic E-state index is 0.00702. The molecule has 12 heteroatoms. The number of carbonyl (C=O) groups is 3. The van der Waals surface area contributed by atoms with Crippen molar-refractivity contribution in [1.82, 2.24) is 9.80 Å². The smallest absolute Gasteiger partial charge is 0.419 e. The first kappa shape index (κ1) is 35.8. The topological polar surface area (TPSA) is 122 Å². The molecule has 0 aromatic rings. The van der Waals surface area contributed by atoms with E-state index in [1.807, 2.05) is 11.9 Å². The van der Waals surface area contributed by atoms with Crippen molar-refractivity contribution < 1.29 is 47.5 Å². The van der Waals surface area contributed by atoms with Gasteiger partial charge in [0, 0.05) is 19.2 Å². The summed E-state index contributed by atoms with van der Waals surface area (Å²) in [4.78, 5) is 38.7. The molecule has 12 nitrogen and oxygen atoms in total. The van der Waals surface area contributed by atoms with E-state index in [9.17, 15) is 14.4 Å². The number of amides is 2. The van der Waals surface area contributed by atoms with Crippen LogP contribution in [0.1, 0.15) is 41.5 Å². The normalized spacial score (nSPS) is 12.1. The Morgan fingerprint density at radius 2 is 1.05 bits per heavy atom. The minimum Gasteiger partial charge on any atom is -0.466 e. The summed E-state index contributed by atoms with van der Waals surface area (Å²) in [6.07, 6.45) is 1.56. The van der Waals surface area contributed by atoms with Crippen LogP contribution in [0.5, 0.6) is 0 Å². The van der Waals surface area contributed by atoms with Crippen LogP contribution in [0, 0.1) is 0 Å². The molecular formula is C26H48N2O10. The molecule has 0 atom stereocenters. The van der Waals surface area contributed by atoms with Gasteiger partial charge in [0.2, 0.25) is 0 Å². The van der Waals surface area contributed by atoms with E-state index in [-0.39, 0.29) is 19.1 Å². The van der Waals surface area contributed by atoms with Gasteiger partial charge in [0.1, 0.15) is 11.2 Å². The Hall–Kier alpha value is -2.25. The fraction of sp³-hybridized carbons (Fsp3) is 0.808. The zero-order chi connectivity index (χ0) is 29.0. The highest BCUT2D eigenvalue weighted by Crippen LogP contribution is 2.14. The van der Waals surface area contributed by atoms with Crippen LogP contribution in [0.2, 0.25) is 0 Å². The van der Waals surface area contributed by atoms with Crippen molar-refractivity contribution in [3.05, 3.63) is 12.2 Å². The van der Waals surface area contributed by atoms with E-state index in [1.165, 1.54) is 13.2 Å². The Bertz CT molecular complexity index is 673. The van der Waals surface area contributed by atoms with E-state index in [0.29, 0.717) is 52.8 Å². The molecule has 0 aromatic heterocycles. The maximum atomic E-state index is 12.4. The lowest BCUT2D eigenvalue weighted by Gasteiger charge is -2.28. The number of hydrogen-bond donors (Lipinski definition) is 0. The number of imide groups is 1. The second kappa shape index (κ2) is 19.8. The molecule has 0 aromatic carbocycles. The van der Waals surface area contributed by atoms with Crippen molar-refractivity contribution in [3.8, 4) is 0 Å². The van der Waals surface area contributed by atoms with Gasteiger partial charge in [-0.3, -0.25) is 0 Å². The molecule has 0 rings (SSSR count). The predicted molar refractivity (Wildman–Crippen MR) is 141 cm³/mol. The highest BCUT2D eigenvalue weighted by Gasteiger charge is 2.30. The quantitative estimate of drug-likeness (QED) is 0.109. The van der Waals surface area contributed by atoms with Crippen molar-refractivity contribution in [1.29, 1.82) is 0 Å². The van der Waals surface area contributed by atoms with E-state index in [4.69, 9.17) is 28.4 Å². The van der Waals surface area contributed by atoms with Gasteiger partial charge in [-0.1, -0.05) is 6.08 Å². The second-order valence-corrected chi connectivity index (χ2v) is 10.2. The molecule has 222 valence electrons. The Morgan fingerprint density at radius 1 is 0.658 bits per heavy atom. The van der Waals surface area contributed by atoms with Crippen LogP contribution in [-0.2, 0) is 38.0 Å². The first-order valence-electron chi connectivity index (χ1n) is 12.7. The molecule has 0 saturated carbocycles. The molecule has 2 amide bonds. The van der Waals surface area contributed by atoms with Gasteiger partial charge in [-0.2, -0.15) is 0 Å². The Labute approximate surface area is 227 Å². The molecule has 0 N–H and O–H groups in total. The van der Waals surface area contributed by atoms with Gasteiger partial charge in [0.15, 0.2) is 0 Å². The van der Waals surface area contributed by atoms with Crippen LogP contribution in [0.4, 0.5) is 9.59 Å². The standard InChI is InChI=1S/C26H48N2O10/c1-25(2,3)37-23(30)28(24(31)38-26(4,5)6)13-15-34-17-19-36-21-20-35-18-16-33-14-12-27(7)11-9-10-22(29)32-8/h9-10H,11-21H2,1-8H3/b10-9+. The van der Waals surface area contributed by atoms with Crippen LogP contribution in [0.15, 0.2) is 12.2 Å². The van der Waals surface area contributed by atoms with Crippen molar-refractivity contribution >= 4 is 18.2 Å². The lowest BCUT2D eigenvalue weighted by atomic mass is 10.2. The Morgan fingerprint density at radius 3 is 1.45 bits per heavy atom. The van der Waals surface area contributed by atoms with Gasteiger partial charge in [0.05, 0.1) is 66.5 Å². The molecule has 0 spiro atoms. The van der Waals surface area contributed by atoms with Crippen LogP contribution >= 0.6 is 0 Å². The third-order valence-corrected chi connectivity index (χ3v) is 4.29. The number of ether oxygens (including phenoxy) is 7. The number of carbonyl (C=O) groups excluding carboxylic acids is 3. The van der Waals surface area contributed by atoms with Crippen molar-refractivity contribution in [2.45, 2.75) is 52.7 Å². The van der Waals surface area contributed by atoms with Gasteiger partial charge in [-0.15, -0.1) is 0 Å². The molecule has 0 bridgehead atoms. The molecule has 0 aliphatic heterocycles. The van der Waals surface area contributed by atoms with Gasteiger partial charge in [-0.05, 0) is 48.6 Å². The highest BCUT2D eigenvalue weighted by molar-refractivity contribution is 5.88. The summed E-state index contributed by atoms with van der Waals surface area (Å²) in [6.45, 7) is 14.7. The molecule has 0 fully saturated rings. The van der Waals surface area contributed by atoms with Crippen molar-refractivity contribution in [2.24, 2.45) is 0 Å². The molecule has 0 aliphatic rings. The molecule has 0 aliphatic carbocycles. The lowest BCUT2D eigenvalue weighted by Crippen LogP contribution is -2.45. The van der Waals surface area contributed by atoms with Gasteiger partial charge >= 0.3 is 18.2 Å². The van der Waals surface area contributed by atoms with Crippen molar-refractivity contribution in [3.63, 3.8) is 0 Å². The van der Waals surface area contributed by atoms with Crippen LogP contribution in [-0.4, -0.2) is 126 Å². The summed E-state index contributed by atoms with van der Waals surface area (Å²) >= 11 is 0. The van der Waals surface area contributed by atoms with Crippen LogP contribution < -0.4 is 0 Å². The van der Waals surface area contributed by atoms with E-state index >= 15 is 0 Å². The van der Waals surface area contributed by atoms with E-state index in [0.717, 1.165) is 11.4 Å². The largest absolute Gasteiger partial charge is 0.466 e. The number of likely N-dealkylation sites (N-methyl/N-ethyl adjacent to an activating group) is 1. The predicted octanol–water partition coefficient (Wildman–Crippen LogP) is 2.89. The zero-order valence-corrected chi connectivity index (χ0v) is 24.4. The highest BCUT2D eigenvalue weighted by atomic mass is 16.6. The number of nitrogens with zero attached hydrogens (tertiary/aromatic N) is 2. The van der Waals surface area contributed by atoms with E-state index < -0.39 is 23.4 Å². The molecule has 38 heavy (non-hydrogen) atoms. The van der Waals surface area contributed by atoms with E-state index in [2.05, 4.69) is 4.74 Å². The van der Waals surface area contributed by atoms with E-state index in [1.54, 1.807) is 47.6 Å². The Balaban J connectivity index is 3.87. The summed E-state index contributed by atoms with van der Waals surface area (Å²) in [5, 5.41) is 0. The monoisotopic (exact) mass is 548 g/mol. The molecule has 0 radical (unpaired) electrons. The second-order valence-electron chi connectivity index (χ2n) is 10.2. The zero-order valence-electron chi connectivity index (χ0n) is 24.4. The summed E-state index contributed by atoms with van der Waals surface area (Å²) in [5.74, 6) is -0.370. The van der Waals surface area contributed by atoms with Crippen LogP contribution in [0.25, 0.3) is 0 Å². The fourth-order valence-corrected chi connectivity index (χ4v) is 2.52. The summed E-state index contributed by atoms with van der Waals surface area (Å²) in [7, 11) is 3.27.